The summed E-state index contributed by atoms with van der Waals surface area (Å²) in [7, 11) is 0. The molecule has 0 aliphatic heterocycles. The molecule has 0 aliphatic rings. The topological polar surface area (TPSA) is 54.4 Å². The number of hydrogen-bond donors (Lipinski definition) is 1. The predicted octanol–water partition coefficient (Wildman–Crippen LogP) is 6.39. The Balaban J connectivity index is -0.000000315. The summed E-state index contributed by atoms with van der Waals surface area (Å²) in [6.07, 6.45) is 16.6. The van der Waals surface area contributed by atoms with E-state index in [0.29, 0.717) is 6.42 Å². The van der Waals surface area contributed by atoms with Crippen molar-refractivity contribution in [1.29, 1.82) is 0 Å². The van der Waals surface area contributed by atoms with Crippen LogP contribution in [-0.4, -0.2) is 17.4 Å². The van der Waals surface area contributed by atoms with Crippen LogP contribution in [0.3, 0.4) is 0 Å². The first kappa shape index (κ1) is 26.1. The van der Waals surface area contributed by atoms with Gasteiger partial charge in [-0.2, -0.15) is 0 Å². The highest BCUT2D eigenvalue weighted by atomic mass is 16.4. The number of aldehydes is 1. The Hall–Kier alpha value is -0.860. The Bertz CT molecular complexity index is 215. The van der Waals surface area contributed by atoms with E-state index in [-0.39, 0.29) is 7.43 Å². The van der Waals surface area contributed by atoms with Crippen molar-refractivity contribution in [2.24, 2.45) is 0 Å². The molecule has 0 aromatic carbocycles. The summed E-state index contributed by atoms with van der Waals surface area (Å²) in [6, 6.07) is 0. The molecule has 0 atom stereocenters. The first-order chi connectivity index (χ1) is 10.2. The molecule has 22 heavy (non-hydrogen) atoms. The Morgan fingerprint density at radius 2 is 1.18 bits per heavy atom. The van der Waals surface area contributed by atoms with Crippen LogP contribution in [0.5, 0.6) is 0 Å². The zero-order valence-corrected chi connectivity index (χ0v) is 14.2. The van der Waals surface area contributed by atoms with E-state index < -0.39 is 5.97 Å². The number of hydrogen-bond acceptors (Lipinski definition) is 2. The lowest BCUT2D eigenvalue weighted by atomic mass is 10.1. The number of carbonyl (C=O) groups excluding carboxylic acids is 1. The average Bonchev–Trinajstić information content (AvgIpc) is 2.47. The molecule has 0 aromatic rings. The maximum Gasteiger partial charge on any atom is 0.303 e. The van der Waals surface area contributed by atoms with Crippen LogP contribution in [0.25, 0.3) is 0 Å². The molecule has 134 valence electrons. The largest absolute Gasteiger partial charge is 0.481 e. The van der Waals surface area contributed by atoms with Gasteiger partial charge in [-0.05, 0) is 12.8 Å². The second-order valence-corrected chi connectivity index (χ2v) is 5.63. The number of aliphatic carboxylic acids is 1. The fraction of sp³-hybridized carbons (Fsp3) is 0.895. The molecule has 0 unspecified atom stereocenters. The minimum Gasteiger partial charge on any atom is -0.481 e. The molecule has 3 nitrogen and oxygen atoms in total. The van der Waals surface area contributed by atoms with E-state index in [1.165, 1.54) is 57.8 Å². The van der Waals surface area contributed by atoms with Crippen molar-refractivity contribution in [2.75, 3.05) is 0 Å². The van der Waals surface area contributed by atoms with Crippen molar-refractivity contribution >= 4 is 12.3 Å². The summed E-state index contributed by atoms with van der Waals surface area (Å²) >= 11 is 0. The molecule has 0 rings (SSSR count). The second-order valence-electron chi connectivity index (χ2n) is 5.63. The van der Waals surface area contributed by atoms with Gasteiger partial charge in [0.2, 0.25) is 0 Å². The lowest BCUT2D eigenvalue weighted by molar-refractivity contribution is -0.137. The molecule has 0 saturated heterocycles. The van der Waals surface area contributed by atoms with E-state index in [1.54, 1.807) is 0 Å². The van der Waals surface area contributed by atoms with Crippen LogP contribution in [-0.2, 0) is 9.59 Å². The van der Waals surface area contributed by atoms with Gasteiger partial charge in [0, 0.05) is 12.8 Å². The van der Waals surface area contributed by atoms with Crippen molar-refractivity contribution < 1.29 is 14.7 Å². The Labute approximate surface area is 138 Å². The highest BCUT2D eigenvalue weighted by Crippen LogP contribution is 2.06. The third-order valence-corrected chi connectivity index (χ3v) is 3.42. The van der Waals surface area contributed by atoms with Gasteiger partial charge >= 0.3 is 5.97 Å². The lowest BCUT2D eigenvalue weighted by Crippen LogP contribution is -1.93. The van der Waals surface area contributed by atoms with E-state index in [1.807, 2.05) is 0 Å². The first-order valence-corrected chi connectivity index (χ1v) is 8.84. The van der Waals surface area contributed by atoms with Gasteiger partial charge in [-0.15, -0.1) is 0 Å². The quantitative estimate of drug-likeness (QED) is 0.298. The highest BCUT2D eigenvalue weighted by Gasteiger charge is 1.95. The summed E-state index contributed by atoms with van der Waals surface area (Å²) < 4.78 is 0. The van der Waals surface area contributed by atoms with E-state index in [2.05, 4.69) is 13.8 Å². The molecule has 3 heteroatoms. The summed E-state index contributed by atoms with van der Waals surface area (Å²) in [4.78, 5) is 20.0. The maximum atomic E-state index is 10.1. The molecule has 0 heterocycles. The van der Waals surface area contributed by atoms with Crippen LogP contribution >= 0.6 is 0 Å². The van der Waals surface area contributed by atoms with Crippen LogP contribution in [0.2, 0.25) is 0 Å². The zero-order valence-electron chi connectivity index (χ0n) is 14.2. The maximum absolute atomic E-state index is 10.1. The molecular formula is C19H40O3. The Kier molecular flexibility index (Phi) is 29.7. The van der Waals surface area contributed by atoms with Crippen LogP contribution in [0.4, 0.5) is 0 Å². The van der Waals surface area contributed by atoms with Gasteiger partial charge in [0.25, 0.3) is 0 Å². The standard InChI is InChI=1S/C9H18O2.C9H18O.CH4/c1-2-3-4-5-6-7-8-9(10)11;1-2-3-4-5-6-7-8-9-10;/h2-8H2,1H3,(H,10,11);9H,2-8H2,1H3;1H4. The molecular weight excluding hydrogens is 276 g/mol. The summed E-state index contributed by atoms with van der Waals surface area (Å²) in [5, 5.41) is 8.32. The van der Waals surface area contributed by atoms with E-state index in [0.717, 1.165) is 32.0 Å². The van der Waals surface area contributed by atoms with E-state index >= 15 is 0 Å². The summed E-state index contributed by atoms with van der Waals surface area (Å²) in [5.74, 6) is -0.666. The second kappa shape index (κ2) is 25.1. The third-order valence-electron chi connectivity index (χ3n) is 3.42. The van der Waals surface area contributed by atoms with Crippen molar-refractivity contribution in [1.82, 2.24) is 0 Å². The molecule has 0 aromatic heterocycles. The summed E-state index contributed by atoms with van der Waals surface area (Å²) in [6.45, 7) is 4.39. The van der Waals surface area contributed by atoms with Crippen molar-refractivity contribution in [2.45, 2.75) is 111 Å². The predicted molar refractivity (Wildman–Crippen MR) is 96.4 cm³/mol. The number of unbranched alkanes of at least 4 members (excludes halogenated alkanes) is 11. The van der Waals surface area contributed by atoms with Gasteiger partial charge in [0.1, 0.15) is 6.29 Å². The SMILES string of the molecule is C.CCCCCCCCC(=O)O.CCCCCCCCC=O. The minimum absolute atomic E-state index is 0. The number of rotatable bonds is 14. The van der Waals surface area contributed by atoms with Crippen LogP contribution in [0.1, 0.15) is 111 Å². The highest BCUT2D eigenvalue weighted by molar-refractivity contribution is 5.66. The lowest BCUT2D eigenvalue weighted by Gasteiger charge is -1.97. The Morgan fingerprint density at radius 3 is 1.59 bits per heavy atom. The Morgan fingerprint density at radius 1 is 0.773 bits per heavy atom. The van der Waals surface area contributed by atoms with E-state index in [9.17, 15) is 9.59 Å². The van der Waals surface area contributed by atoms with Crippen LogP contribution in [0, 0.1) is 0 Å². The summed E-state index contributed by atoms with van der Waals surface area (Å²) in [5.41, 5.74) is 0. The normalized spacial score (nSPS) is 9.36. The average molecular weight is 317 g/mol. The molecule has 0 amide bonds. The van der Waals surface area contributed by atoms with Crippen molar-refractivity contribution in [3.05, 3.63) is 0 Å². The van der Waals surface area contributed by atoms with E-state index in [4.69, 9.17) is 5.11 Å². The molecule has 0 bridgehead atoms. The van der Waals surface area contributed by atoms with Gasteiger partial charge in [-0.3, -0.25) is 4.79 Å². The third kappa shape index (κ3) is 31.5. The van der Waals surface area contributed by atoms with Gasteiger partial charge in [-0.1, -0.05) is 85.5 Å². The van der Waals surface area contributed by atoms with Crippen LogP contribution in [0.15, 0.2) is 0 Å². The fourth-order valence-corrected chi connectivity index (χ4v) is 2.06. The van der Waals surface area contributed by atoms with Gasteiger partial charge in [-0.25, -0.2) is 0 Å². The van der Waals surface area contributed by atoms with Gasteiger partial charge < -0.3 is 9.90 Å². The monoisotopic (exact) mass is 316 g/mol. The minimum atomic E-state index is -0.666. The molecule has 0 spiro atoms. The number of carboxylic acid groups (broad SMARTS) is 1. The smallest absolute Gasteiger partial charge is 0.303 e. The first-order valence-electron chi connectivity index (χ1n) is 8.84. The number of carboxylic acids is 1. The molecule has 0 fully saturated rings. The number of carbonyl (C=O) groups is 2. The van der Waals surface area contributed by atoms with Crippen molar-refractivity contribution in [3.8, 4) is 0 Å². The molecule has 0 saturated carbocycles. The van der Waals surface area contributed by atoms with Crippen molar-refractivity contribution in [3.63, 3.8) is 0 Å². The molecule has 0 aliphatic carbocycles. The molecule has 1 N–H and O–H groups in total. The fourth-order valence-electron chi connectivity index (χ4n) is 2.06. The van der Waals surface area contributed by atoms with Gasteiger partial charge in [0.05, 0.1) is 0 Å². The van der Waals surface area contributed by atoms with Crippen LogP contribution < -0.4 is 0 Å². The van der Waals surface area contributed by atoms with Gasteiger partial charge in [0.15, 0.2) is 0 Å². The zero-order chi connectivity index (χ0) is 16.2. The molecule has 0 radical (unpaired) electrons.